The SMILES string of the molecule is CCOC(=O)CCc1cc(OC)c2c(c1)N(c1cccc3c1CCN(C(=O)c1ccc(OCC4CC4)cc1Cl)C3)NN2C. The third-order valence-corrected chi connectivity index (χ3v) is 8.52. The Morgan fingerprint density at radius 2 is 1.93 bits per heavy atom. The van der Waals surface area contributed by atoms with Crippen molar-refractivity contribution in [1.29, 1.82) is 0 Å². The van der Waals surface area contributed by atoms with Crippen LogP contribution in [0.3, 0.4) is 0 Å². The van der Waals surface area contributed by atoms with Crippen LogP contribution in [0.15, 0.2) is 48.5 Å². The summed E-state index contributed by atoms with van der Waals surface area (Å²) < 4.78 is 16.7. The van der Waals surface area contributed by atoms with E-state index < -0.39 is 0 Å². The number of rotatable bonds is 10. The van der Waals surface area contributed by atoms with E-state index in [0.29, 0.717) is 67.8 Å². The zero-order valence-corrected chi connectivity index (χ0v) is 25.6. The van der Waals surface area contributed by atoms with E-state index >= 15 is 0 Å². The second kappa shape index (κ2) is 12.3. The van der Waals surface area contributed by atoms with E-state index in [4.69, 9.17) is 25.8 Å². The second-order valence-electron chi connectivity index (χ2n) is 11.3. The lowest BCUT2D eigenvalue weighted by Crippen LogP contribution is -2.41. The van der Waals surface area contributed by atoms with Crippen molar-refractivity contribution < 1.29 is 23.8 Å². The number of carbonyl (C=O) groups is 2. The van der Waals surface area contributed by atoms with E-state index in [0.717, 1.165) is 33.9 Å². The van der Waals surface area contributed by atoms with Gasteiger partial charge in [-0.2, -0.15) is 0 Å². The van der Waals surface area contributed by atoms with E-state index in [1.54, 1.807) is 19.2 Å². The van der Waals surface area contributed by atoms with Crippen LogP contribution >= 0.6 is 11.6 Å². The quantitative estimate of drug-likeness (QED) is 0.289. The van der Waals surface area contributed by atoms with Gasteiger partial charge in [-0.05, 0) is 91.6 Å². The predicted molar refractivity (Wildman–Crippen MR) is 166 cm³/mol. The molecule has 1 amide bonds. The Kier molecular flexibility index (Phi) is 8.36. The first kappa shape index (κ1) is 29.1. The average molecular weight is 605 g/mol. The number of fused-ring (bicyclic) bond motifs is 2. The molecule has 0 spiro atoms. The number of hydrogen-bond donors (Lipinski definition) is 1. The highest BCUT2D eigenvalue weighted by molar-refractivity contribution is 6.34. The molecule has 3 aromatic rings. The minimum absolute atomic E-state index is 0.0878. The summed E-state index contributed by atoms with van der Waals surface area (Å²) in [5.74, 6) is 1.76. The zero-order valence-electron chi connectivity index (χ0n) is 24.8. The number of nitrogens with zero attached hydrogens (tertiary/aromatic N) is 3. The zero-order chi connectivity index (χ0) is 30.1. The van der Waals surface area contributed by atoms with Crippen LogP contribution < -0.4 is 25.0 Å². The van der Waals surface area contributed by atoms with E-state index in [-0.39, 0.29) is 11.9 Å². The van der Waals surface area contributed by atoms with Crippen molar-refractivity contribution in [2.45, 2.75) is 45.6 Å². The fraction of sp³-hybridized carbons (Fsp3) is 0.394. The molecule has 1 aliphatic carbocycles. The molecule has 1 saturated carbocycles. The lowest BCUT2D eigenvalue weighted by atomic mass is 9.96. The molecule has 6 rings (SSSR count). The maximum Gasteiger partial charge on any atom is 0.306 e. The molecule has 0 radical (unpaired) electrons. The molecule has 3 aliphatic rings. The Morgan fingerprint density at radius 1 is 1.09 bits per heavy atom. The number of benzene rings is 3. The van der Waals surface area contributed by atoms with Crippen LogP contribution in [-0.4, -0.2) is 50.7 Å². The molecule has 1 fully saturated rings. The normalized spacial score (nSPS) is 15.7. The summed E-state index contributed by atoms with van der Waals surface area (Å²) in [5, 5.41) is 4.40. The molecule has 43 heavy (non-hydrogen) atoms. The number of amides is 1. The summed E-state index contributed by atoms with van der Waals surface area (Å²) in [5.41, 5.74) is 10.0. The number of halogens is 1. The molecule has 3 aromatic carbocycles. The van der Waals surface area contributed by atoms with Crippen LogP contribution in [-0.2, 0) is 28.9 Å². The third-order valence-electron chi connectivity index (χ3n) is 8.21. The van der Waals surface area contributed by atoms with E-state index in [1.165, 1.54) is 18.4 Å². The summed E-state index contributed by atoms with van der Waals surface area (Å²) in [6.45, 7) is 3.92. The monoisotopic (exact) mass is 604 g/mol. The van der Waals surface area contributed by atoms with Gasteiger partial charge < -0.3 is 19.1 Å². The van der Waals surface area contributed by atoms with Gasteiger partial charge in [0, 0.05) is 26.6 Å². The fourth-order valence-electron chi connectivity index (χ4n) is 5.77. The molecule has 0 aromatic heterocycles. The number of carbonyl (C=O) groups excluding carboxylic acids is 2. The van der Waals surface area contributed by atoms with Gasteiger partial charge in [0.05, 0.1) is 42.3 Å². The average Bonchev–Trinajstić information content (AvgIpc) is 3.79. The number of aryl methyl sites for hydroxylation is 1. The predicted octanol–water partition coefficient (Wildman–Crippen LogP) is 5.84. The molecule has 0 bridgehead atoms. The van der Waals surface area contributed by atoms with E-state index in [1.807, 2.05) is 42.1 Å². The van der Waals surface area contributed by atoms with Crippen LogP contribution in [0.1, 0.15) is 53.2 Å². The minimum atomic E-state index is -0.218. The lowest BCUT2D eigenvalue weighted by Gasteiger charge is -2.32. The van der Waals surface area contributed by atoms with Gasteiger partial charge in [0.15, 0.2) is 0 Å². The van der Waals surface area contributed by atoms with Gasteiger partial charge in [0.2, 0.25) is 0 Å². The molecular weight excluding hydrogens is 568 g/mol. The molecule has 9 nitrogen and oxygen atoms in total. The van der Waals surface area contributed by atoms with Crippen LogP contribution in [0.25, 0.3) is 0 Å². The van der Waals surface area contributed by atoms with Crippen LogP contribution in [0.2, 0.25) is 5.02 Å². The van der Waals surface area contributed by atoms with Crippen LogP contribution in [0, 0.1) is 5.92 Å². The Morgan fingerprint density at radius 3 is 2.67 bits per heavy atom. The summed E-state index contributed by atoms with van der Waals surface area (Å²) in [4.78, 5) is 27.4. The molecular formula is C33H37ClN4O5. The molecule has 2 heterocycles. The molecule has 0 saturated heterocycles. The third kappa shape index (κ3) is 6.10. The van der Waals surface area contributed by atoms with E-state index in [2.05, 4.69) is 28.7 Å². The van der Waals surface area contributed by atoms with Gasteiger partial charge in [-0.1, -0.05) is 23.7 Å². The van der Waals surface area contributed by atoms with Crippen LogP contribution in [0.4, 0.5) is 17.1 Å². The topological polar surface area (TPSA) is 83.6 Å². The number of hydrogen-bond acceptors (Lipinski definition) is 8. The van der Waals surface area contributed by atoms with Gasteiger partial charge in [0.25, 0.3) is 5.91 Å². The van der Waals surface area contributed by atoms with Gasteiger partial charge in [-0.15, -0.1) is 5.53 Å². The molecule has 1 N–H and O–H groups in total. The van der Waals surface area contributed by atoms with Crippen molar-refractivity contribution in [3.05, 3.63) is 75.8 Å². The first-order chi connectivity index (χ1) is 20.9. The summed E-state index contributed by atoms with van der Waals surface area (Å²) in [6, 6.07) is 15.6. The van der Waals surface area contributed by atoms with Gasteiger partial charge >= 0.3 is 5.97 Å². The maximum absolute atomic E-state index is 13.5. The van der Waals surface area contributed by atoms with Crippen molar-refractivity contribution in [3.63, 3.8) is 0 Å². The van der Waals surface area contributed by atoms with Gasteiger partial charge in [-0.25, -0.2) is 0 Å². The first-order valence-corrected chi connectivity index (χ1v) is 15.2. The second-order valence-corrected chi connectivity index (χ2v) is 11.7. The smallest absolute Gasteiger partial charge is 0.306 e. The van der Waals surface area contributed by atoms with Gasteiger partial charge in [-0.3, -0.25) is 19.6 Å². The molecule has 2 aliphatic heterocycles. The molecule has 226 valence electrons. The highest BCUT2D eigenvalue weighted by Gasteiger charge is 2.32. The number of hydrazine groups is 2. The Balaban J connectivity index is 1.22. The Bertz CT molecular complexity index is 1540. The highest BCUT2D eigenvalue weighted by atomic mass is 35.5. The van der Waals surface area contributed by atoms with Crippen molar-refractivity contribution in [2.24, 2.45) is 5.92 Å². The molecule has 0 unspecified atom stereocenters. The lowest BCUT2D eigenvalue weighted by molar-refractivity contribution is -0.143. The maximum atomic E-state index is 13.5. The minimum Gasteiger partial charge on any atom is -0.494 e. The largest absolute Gasteiger partial charge is 0.494 e. The Hall–Kier alpha value is -3.95. The summed E-state index contributed by atoms with van der Waals surface area (Å²) in [6.07, 6.45) is 3.95. The summed E-state index contributed by atoms with van der Waals surface area (Å²) >= 11 is 6.56. The number of anilines is 3. The van der Waals surface area contributed by atoms with Gasteiger partial charge in [0.1, 0.15) is 17.2 Å². The van der Waals surface area contributed by atoms with Crippen molar-refractivity contribution in [3.8, 4) is 11.5 Å². The highest BCUT2D eigenvalue weighted by Crippen LogP contribution is 2.46. The molecule has 0 atom stereocenters. The number of ether oxygens (including phenoxy) is 3. The first-order valence-electron chi connectivity index (χ1n) is 14.8. The number of methoxy groups -OCH3 is 1. The Labute approximate surface area is 257 Å². The standard InChI is InChI=1S/C33H37ClN4O5/c1-4-42-31(39)13-10-22-16-29-32(30(17-22)41-3)36(2)35-38(29)28-7-5-6-23-19-37(15-14-25(23)28)33(40)26-12-11-24(18-27(26)34)43-20-21-8-9-21/h5-7,11-12,16-18,21,35H,4,8-10,13-15,19-20H2,1-3H3. The van der Waals surface area contributed by atoms with Crippen LogP contribution in [0.5, 0.6) is 11.5 Å². The molecule has 10 heteroatoms. The van der Waals surface area contributed by atoms with Crippen molar-refractivity contribution in [2.75, 3.05) is 43.9 Å². The fourth-order valence-corrected chi connectivity index (χ4v) is 6.02. The number of nitrogens with one attached hydrogen (secondary N) is 1. The summed E-state index contributed by atoms with van der Waals surface area (Å²) in [7, 11) is 3.60. The number of esters is 1. The van der Waals surface area contributed by atoms with E-state index in [9.17, 15) is 9.59 Å². The van der Waals surface area contributed by atoms with Crippen molar-refractivity contribution >= 4 is 40.5 Å². The van der Waals surface area contributed by atoms with Crippen molar-refractivity contribution in [1.82, 2.24) is 10.4 Å².